The Hall–Kier alpha value is -2.04. The third-order valence-corrected chi connectivity index (χ3v) is 5.56. The summed E-state index contributed by atoms with van der Waals surface area (Å²) in [5.74, 6) is 0.193. The van der Waals surface area contributed by atoms with E-state index in [1.165, 1.54) is 30.4 Å². The second-order valence-electron chi connectivity index (χ2n) is 7.64. The largest absolute Gasteiger partial charge is 0.339 e. The van der Waals surface area contributed by atoms with E-state index in [9.17, 15) is 9.59 Å². The summed E-state index contributed by atoms with van der Waals surface area (Å²) in [5, 5.41) is 3.17. The van der Waals surface area contributed by atoms with Gasteiger partial charge in [-0.3, -0.25) is 4.79 Å². The van der Waals surface area contributed by atoms with Crippen molar-refractivity contribution in [1.29, 1.82) is 0 Å². The van der Waals surface area contributed by atoms with E-state index in [1.807, 2.05) is 15.9 Å². The minimum Gasteiger partial charge on any atom is -0.339 e. The summed E-state index contributed by atoms with van der Waals surface area (Å²) in [6, 6.07) is 8.71. The highest BCUT2D eigenvalue weighted by molar-refractivity contribution is 5.78. The van der Waals surface area contributed by atoms with Gasteiger partial charge in [0.15, 0.2) is 0 Å². The number of nitrogens with one attached hydrogen (secondary N) is 1. The molecular formula is C21H31N3O2. The zero-order chi connectivity index (χ0) is 18.4. The van der Waals surface area contributed by atoms with Gasteiger partial charge < -0.3 is 15.1 Å². The van der Waals surface area contributed by atoms with Crippen LogP contribution in [0, 0.1) is 6.92 Å². The maximum Gasteiger partial charge on any atom is 0.317 e. The Kier molecular flexibility index (Phi) is 6.53. The van der Waals surface area contributed by atoms with Gasteiger partial charge in [-0.25, -0.2) is 4.79 Å². The topological polar surface area (TPSA) is 52.7 Å². The van der Waals surface area contributed by atoms with E-state index in [4.69, 9.17) is 0 Å². The van der Waals surface area contributed by atoms with Gasteiger partial charge in [-0.2, -0.15) is 0 Å². The third kappa shape index (κ3) is 5.23. The average molecular weight is 357 g/mol. The highest BCUT2D eigenvalue weighted by Gasteiger charge is 2.25. The maximum atomic E-state index is 12.5. The van der Waals surface area contributed by atoms with Crippen molar-refractivity contribution in [1.82, 2.24) is 15.1 Å². The summed E-state index contributed by atoms with van der Waals surface area (Å²) in [5.41, 5.74) is 2.44. The fraction of sp³-hybridized carbons (Fsp3) is 0.619. The number of hydrogen-bond acceptors (Lipinski definition) is 2. The monoisotopic (exact) mass is 357 g/mol. The molecule has 0 aromatic heterocycles. The van der Waals surface area contributed by atoms with Gasteiger partial charge >= 0.3 is 6.03 Å². The van der Waals surface area contributed by atoms with Crippen molar-refractivity contribution < 1.29 is 9.59 Å². The number of benzene rings is 1. The van der Waals surface area contributed by atoms with Crippen molar-refractivity contribution in [2.24, 2.45) is 0 Å². The molecule has 1 aliphatic carbocycles. The van der Waals surface area contributed by atoms with Crippen LogP contribution in [-0.2, 0) is 11.2 Å². The Morgan fingerprint density at radius 3 is 2.42 bits per heavy atom. The molecule has 3 amide bonds. The van der Waals surface area contributed by atoms with E-state index in [0.29, 0.717) is 38.6 Å². The molecule has 0 radical (unpaired) electrons. The second-order valence-corrected chi connectivity index (χ2v) is 7.64. The number of urea groups is 1. The number of amides is 3. The summed E-state index contributed by atoms with van der Waals surface area (Å²) in [4.78, 5) is 28.6. The van der Waals surface area contributed by atoms with Crippen molar-refractivity contribution in [3.8, 4) is 0 Å². The molecule has 1 saturated heterocycles. The number of carbonyl (C=O) groups excluding carboxylic acids is 2. The molecule has 2 fully saturated rings. The SMILES string of the molecule is Cc1cccc(CCC(=O)N2CCN(C(=O)NC3CCCCC3)CC2)c1. The number of nitrogens with zero attached hydrogens (tertiary/aromatic N) is 2. The zero-order valence-corrected chi connectivity index (χ0v) is 15.9. The first-order valence-electron chi connectivity index (χ1n) is 10.0. The van der Waals surface area contributed by atoms with E-state index in [1.54, 1.807) is 0 Å². The molecule has 0 atom stereocenters. The molecule has 1 aromatic carbocycles. The molecule has 5 nitrogen and oxygen atoms in total. The molecule has 26 heavy (non-hydrogen) atoms. The molecule has 1 saturated carbocycles. The molecule has 1 N–H and O–H groups in total. The average Bonchev–Trinajstić information content (AvgIpc) is 2.67. The van der Waals surface area contributed by atoms with Crippen molar-refractivity contribution in [3.63, 3.8) is 0 Å². The van der Waals surface area contributed by atoms with Crippen LogP contribution in [0.15, 0.2) is 24.3 Å². The summed E-state index contributed by atoms with van der Waals surface area (Å²) in [7, 11) is 0. The van der Waals surface area contributed by atoms with Crippen molar-refractivity contribution in [2.75, 3.05) is 26.2 Å². The summed E-state index contributed by atoms with van der Waals surface area (Å²) in [6.45, 7) is 4.63. The molecule has 0 spiro atoms. The number of hydrogen-bond donors (Lipinski definition) is 1. The predicted molar refractivity (Wildman–Crippen MR) is 103 cm³/mol. The van der Waals surface area contributed by atoms with Crippen LogP contribution >= 0.6 is 0 Å². The van der Waals surface area contributed by atoms with Gasteiger partial charge in [0.25, 0.3) is 0 Å². The highest BCUT2D eigenvalue weighted by atomic mass is 16.2. The van der Waals surface area contributed by atoms with Gasteiger partial charge in [-0.05, 0) is 31.7 Å². The van der Waals surface area contributed by atoms with Gasteiger partial charge in [0.1, 0.15) is 0 Å². The molecular weight excluding hydrogens is 326 g/mol. The van der Waals surface area contributed by atoms with Crippen LogP contribution in [0.1, 0.15) is 49.7 Å². The number of rotatable bonds is 4. The molecule has 1 heterocycles. The molecule has 3 rings (SSSR count). The lowest BCUT2D eigenvalue weighted by Crippen LogP contribution is -2.54. The fourth-order valence-electron chi connectivity index (χ4n) is 3.95. The van der Waals surface area contributed by atoms with Gasteiger partial charge in [0.05, 0.1) is 0 Å². The first kappa shape index (κ1) is 18.7. The van der Waals surface area contributed by atoms with Crippen LogP contribution in [0.5, 0.6) is 0 Å². The lowest BCUT2D eigenvalue weighted by atomic mass is 9.96. The van der Waals surface area contributed by atoms with E-state index in [0.717, 1.165) is 19.3 Å². The van der Waals surface area contributed by atoms with Crippen LogP contribution < -0.4 is 5.32 Å². The lowest BCUT2D eigenvalue weighted by molar-refractivity contribution is -0.132. The Morgan fingerprint density at radius 2 is 1.73 bits per heavy atom. The Morgan fingerprint density at radius 1 is 1.04 bits per heavy atom. The molecule has 142 valence electrons. The number of carbonyl (C=O) groups is 2. The quantitative estimate of drug-likeness (QED) is 0.900. The van der Waals surface area contributed by atoms with Crippen LogP contribution in [0.2, 0.25) is 0 Å². The highest BCUT2D eigenvalue weighted by Crippen LogP contribution is 2.18. The molecule has 0 unspecified atom stereocenters. The maximum absolute atomic E-state index is 12.5. The van der Waals surface area contributed by atoms with Crippen molar-refractivity contribution in [2.45, 2.75) is 57.9 Å². The van der Waals surface area contributed by atoms with Gasteiger partial charge in [-0.15, -0.1) is 0 Å². The van der Waals surface area contributed by atoms with Crippen LogP contribution in [0.3, 0.4) is 0 Å². The van der Waals surface area contributed by atoms with E-state index < -0.39 is 0 Å². The summed E-state index contributed by atoms with van der Waals surface area (Å²) in [6.07, 6.45) is 7.24. The van der Waals surface area contributed by atoms with Gasteiger partial charge in [0, 0.05) is 38.6 Å². The third-order valence-electron chi connectivity index (χ3n) is 5.56. The summed E-state index contributed by atoms with van der Waals surface area (Å²) >= 11 is 0. The second kappa shape index (κ2) is 9.06. The fourth-order valence-corrected chi connectivity index (χ4v) is 3.95. The van der Waals surface area contributed by atoms with Crippen molar-refractivity contribution >= 4 is 11.9 Å². The lowest BCUT2D eigenvalue weighted by Gasteiger charge is -2.36. The molecule has 5 heteroatoms. The van der Waals surface area contributed by atoms with Gasteiger partial charge in [0.2, 0.25) is 5.91 Å². The van der Waals surface area contributed by atoms with Crippen molar-refractivity contribution in [3.05, 3.63) is 35.4 Å². The Bertz CT molecular complexity index is 617. The van der Waals surface area contributed by atoms with Crippen LogP contribution in [0.4, 0.5) is 4.79 Å². The molecule has 1 aromatic rings. The zero-order valence-electron chi connectivity index (χ0n) is 15.9. The number of aryl methyl sites for hydroxylation is 2. The molecule has 1 aliphatic heterocycles. The molecule has 2 aliphatic rings. The normalized spacial score (nSPS) is 18.7. The van der Waals surface area contributed by atoms with E-state index in [-0.39, 0.29) is 11.9 Å². The smallest absolute Gasteiger partial charge is 0.317 e. The predicted octanol–water partition coefficient (Wildman–Crippen LogP) is 3.11. The Labute approximate surface area is 156 Å². The minimum atomic E-state index is 0.0451. The van der Waals surface area contributed by atoms with Crippen LogP contribution in [-0.4, -0.2) is 54.0 Å². The number of piperazine rings is 1. The first-order valence-corrected chi connectivity index (χ1v) is 10.0. The van der Waals surface area contributed by atoms with E-state index >= 15 is 0 Å². The van der Waals surface area contributed by atoms with E-state index in [2.05, 4.69) is 30.4 Å². The van der Waals surface area contributed by atoms with Gasteiger partial charge in [-0.1, -0.05) is 49.1 Å². The van der Waals surface area contributed by atoms with Crippen LogP contribution in [0.25, 0.3) is 0 Å². The summed E-state index contributed by atoms with van der Waals surface area (Å²) < 4.78 is 0. The minimum absolute atomic E-state index is 0.0451. The molecule has 0 bridgehead atoms. The first-order chi connectivity index (χ1) is 12.6. The standard InChI is InChI=1S/C21H31N3O2/c1-17-6-5-7-18(16-17)10-11-20(25)23-12-14-24(15-13-23)21(26)22-19-8-3-2-4-9-19/h5-7,16,19H,2-4,8-15H2,1H3,(H,22,26). The Balaban J connectivity index is 1.39.